The molecule has 2 heterocycles. The molecule has 0 amide bonds. The Morgan fingerprint density at radius 3 is 2.37 bits per heavy atom. The van der Waals surface area contributed by atoms with Gasteiger partial charge in [0.25, 0.3) is 0 Å². The van der Waals surface area contributed by atoms with Crippen LogP contribution >= 0.6 is 35.3 Å². The average Bonchev–Trinajstić information content (AvgIpc) is 3.13. The molecular formula is C20H30IN5S. The van der Waals surface area contributed by atoms with E-state index in [0.717, 1.165) is 49.4 Å². The summed E-state index contributed by atoms with van der Waals surface area (Å²) in [6.07, 6.45) is 0. The predicted octanol–water partition coefficient (Wildman–Crippen LogP) is 3.96. The summed E-state index contributed by atoms with van der Waals surface area (Å²) in [5.41, 5.74) is 2.56. The summed E-state index contributed by atoms with van der Waals surface area (Å²) >= 11 is 1.72. The van der Waals surface area contributed by atoms with E-state index in [0.29, 0.717) is 0 Å². The summed E-state index contributed by atoms with van der Waals surface area (Å²) in [5.74, 6) is 0.963. The maximum Gasteiger partial charge on any atom is 0.194 e. The molecule has 2 aromatic rings. The molecule has 3 rings (SSSR count). The van der Waals surface area contributed by atoms with E-state index in [1.807, 2.05) is 7.05 Å². The van der Waals surface area contributed by atoms with Crippen molar-refractivity contribution in [2.24, 2.45) is 4.99 Å². The molecule has 0 unspecified atom stereocenters. The molecule has 0 spiro atoms. The number of aromatic nitrogens is 1. The Bertz CT molecular complexity index is 730. The summed E-state index contributed by atoms with van der Waals surface area (Å²) in [7, 11) is 1.86. The zero-order valence-electron chi connectivity index (χ0n) is 16.6. The van der Waals surface area contributed by atoms with Gasteiger partial charge in [-0.25, -0.2) is 4.98 Å². The Morgan fingerprint density at radius 1 is 1.15 bits per heavy atom. The Kier molecular flexibility index (Phi) is 7.91. The number of benzene rings is 1. The lowest BCUT2D eigenvalue weighted by Gasteiger charge is -2.37. The first-order valence-corrected chi connectivity index (χ1v) is 10.1. The highest BCUT2D eigenvalue weighted by Crippen LogP contribution is 2.23. The molecule has 148 valence electrons. The number of guanidine groups is 1. The van der Waals surface area contributed by atoms with E-state index >= 15 is 0 Å². The third-order valence-electron chi connectivity index (χ3n) is 4.63. The van der Waals surface area contributed by atoms with Gasteiger partial charge in [0.15, 0.2) is 5.96 Å². The van der Waals surface area contributed by atoms with Crippen molar-refractivity contribution < 1.29 is 0 Å². The van der Waals surface area contributed by atoms with E-state index in [-0.39, 0.29) is 29.4 Å². The fourth-order valence-electron chi connectivity index (χ4n) is 3.04. The molecule has 1 fully saturated rings. The van der Waals surface area contributed by atoms with Crippen LogP contribution in [0.2, 0.25) is 0 Å². The Hall–Kier alpha value is -1.35. The molecule has 1 saturated heterocycles. The first-order chi connectivity index (χ1) is 12.5. The van der Waals surface area contributed by atoms with Gasteiger partial charge in [0.2, 0.25) is 0 Å². The van der Waals surface area contributed by atoms with Gasteiger partial charge in [-0.1, -0.05) is 39.0 Å². The van der Waals surface area contributed by atoms with E-state index in [4.69, 9.17) is 4.98 Å². The minimum absolute atomic E-state index is 0. The van der Waals surface area contributed by atoms with Crippen molar-refractivity contribution in [2.45, 2.75) is 32.7 Å². The maximum absolute atomic E-state index is 4.76. The monoisotopic (exact) mass is 499 g/mol. The van der Waals surface area contributed by atoms with Crippen LogP contribution in [0.5, 0.6) is 0 Å². The van der Waals surface area contributed by atoms with Gasteiger partial charge in [-0.15, -0.1) is 35.3 Å². The van der Waals surface area contributed by atoms with Gasteiger partial charge >= 0.3 is 0 Å². The van der Waals surface area contributed by atoms with Crippen molar-refractivity contribution in [3.8, 4) is 0 Å². The minimum atomic E-state index is 0. The smallest absolute Gasteiger partial charge is 0.194 e. The highest BCUT2D eigenvalue weighted by atomic mass is 127. The van der Waals surface area contributed by atoms with Crippen LogP contribution in [0.25, 0.3) is 0 Å². The maximum atomic E-state index is 4.76. The fraction of sp³-hybridized carbons (Fsp3) is 0.500. The molecule has 0 aliphatic carbocycles. The van der Waals surface area contributed by atoms with Gasteiger partial charge in [-0.2, -0.15) is 0 Å². The number of halogens is 1. The largest absolute Gasteiger partial charge is 0.368 e. The Balaban J connectivity index is 0.00000261. The molecule has 0 bridgehead atoms. The molecule has 5 nitrogen and oxygen atoms in total. The number of anilines is 1. The number of piperazine rings is 1. The molecule has 0 radical (unpaired) electrons. The number of aliphatic imine (C=N–C) groups is 1. The highest BCUT2D eigenvalue weighted by Gasteiger charge is 2.21. The lowest BCUT2D eigenvalue weighted by Crippen LogP contribution is -2.52. The molecule has 1 aliphatic heterocycles. The second-order valence-corrected chi connectivity index (χ2v) is 8.53. The second-order valence-electron chi connectivity index (χ2n) is 7.59. The number of nitrogens with zero attached hydrogens (tertiary/aromatic N) is 4. The van der Waals surface area contributed by atoms with Crippen molar-refractivity contribution in [3.05, 3.63) is 46.4 Å². The minimum Gasteiger partial charge on any atom is -0.368 e. The van der Waals surface area contributed by atoms with Gasteiger partial charge in [-0.3, -0.25) is 4.99 Å². The SMILES string of the molecule is CN=C(NCc1nc(C(C)(C)C)cs1)N1CCN(c2ccccc2)CC1.I. The Labute approximate surface area is 183 Å². The van der Waals surface area contributed by atoms with Gasteiger partial charge in [-0.05, 0) is 12.1 Å². The molecule has 1 aliphatic rings. The predicted molar refractivity (Wildman–Crippen MR) is 127 cm³/mol. The van der Waals surface area contributed by atoms with Crippen LogP contribution in [0.1, 0.15) is 31.5 Å². The third kappa shape index (κ3) is 5.81. The summed E-state index contributed by atoms with van der Waals surface area (Å²) < 4.78 is 0. The van der Waals surface area contributed by atoms with Gasteiger partial charge < -0.3 is 15.1 Å². The molecule has 0 saturated carbocycles. The quantitative estimate of drug-likeness (QED) is 0.395. The topological polar surface area (TPSA) is 43.8 Å². The fourth-order valence-corrected chi connectivity index (χ4v) is 4.00. The van der Waals surface area contributed by atoms with Crippen LogP contribution in [0, 0.1) is 0 Å². The standard InChI is InChI=1S/C20H29N5S.HI/c1-20(2,3)17-15-26-18(23-17)14-22-19(21-4)25-12-10-24(11-13-25)16-8-6-5-7-9-16;/h5-9,15H,10-14H2,1-4H3,(H,21,22);1H. The molecule has 27 heavy (non-hydrogen) atoms. The molecule has 1 aromatic heterocycles. The van der Waals surface area contributed by atoms with Crippen LogP contribution in [0.4, 0.5) is 5.69 Å². The van der Waals surface area contributed by atoms with Crippen molar-refractivity contribution in [1.29, 1.82) is 0 Å². The first kappa shape index (κ1) is 21.9. The van der Waals surface area contributed by atoms with Crippen LogP contribution < -0.4 is 10.2 Å². The molecule has 0 atom stereocenters. The van der Waals surface area contributed by atoms with E-state index in [1.165, 1.54) is 5.69 Å². The van der Waals surface area contributed by atoms with Crippen LogP contribution in [0.15, 0.2) is 40.7 Å². The second kappa shape index (κ2) is 9.73. The molecule has 7 heteroatoms. The third-order valence-corrected chi connectivity index (χ3v) is 5.48. The highest BCUT2D eigenvalue weighted by molar-refractivity contribution is 14.0. The summed E-state index contributed by atoms with van der Waals surface area (Å²) in [6.45, 7) is 11.3. The number of para-hydroxylation sites is 1. The normalized spacial score (nSPS) is 15.5. The summed E-state index contributed by atoms with van der Waals surface area (Å²) in [6, 6.07) is 10.6. The summed E-state index contributed by atoms with van der Waals surface area (Å²) in [5, 5.41) is 6.76. The zero-order valence-corrected chi connectivity index (χ0v) is 19.8. The van der Waals surface area contributed by atoms with Gasteiger partial charge in [0.1, 0.15) is 5.01 Å². The molecule has 1 N–H and O–H groups in total. The van der Waals surface area contributed by atoms with Crippen molar-refractivity contribution in [1.82, 2.24) is 15.2 Å². The van der Waals surface area contributed by atoms with Crippen LogP contribution in [-0.2, 0) is 12.0 Å². The molecule has 1 aromatic carbocycles. The Morgan fingerprint density at radius 2 is 1.81 bits per heavy atom. The van der Waals surface area contributed by atoms with E-state index in [2.05, 4.69) is 76.6 Å². The molecular weight excluding hydrogens is 469 g/mol. The number of rotatable bonds is 3. The number of hydrogen-bond donors (Lipinski definition) is 1. The van der Waals surface area contributed by atoms with E-state index < -0.39 is 0 Å². The van der Waals surface area contributed by atoms with Crippen molar-refractivity contribution in [2.75, 3.05) is 38.1 Å². The number of thiazole rings is 1. The van der Waals surface area contributed by atoms with Gasteiger partial charge in [0.05, 0.1) is 12.2 Å². The number of nitrogens with one attached hydrogen (secondary N) is 1. The van der Waals surface area contributed by atoms with Gasteiger partial charge in [0, 0.05) is 49.7 Å². The van der Waals surface area contributed by atoms with E-state index in [1.54, 1.807) is 11.3 Å². The van der Waals surface area contributed by atoms with Crippen molar-refractivity contribution in [3.63, 3.8) is 0 Å². The number of hydrogen-bond acceptors (Lipinski definition) is 4. The van der Waals surface area contributed by atoms with Crippen molar-refractivity contribution >= 4 is 47.0 Å². The van der Waals surface area contributed by atoms with Crippen LogP contribution in [0.3, 0.4) is 0 Å². The average molecular weight is 499 g/mol. The first-order valence-electron chi connectivity index (χ1n) is 9.18. The zero-order chi connectivity index (χ0) is 18.6. The van der Waals surface area contributed by atoms with Crippen LogP contribution in [-0.4, -0.2) is 49.1 Å². The van der Waals surface area contributed by atoms with E-state index in [9.17, 15) is 0 Å². The lowest BCUT2D eigenvalue weighted by atomic mass is 9.93. The lowest BCUT2D eigenvalue weighted by molar-refractivity contribution is 0.372. The summed E-state index contributed by atoms with van der Waals surface area (Å²) in [4.78, 5) is 14.0.